The Labute approximate surface area is 113 Å². The summed E-state index contributed by atoms with van der Waals surface area (Å²) in [5.74, 6) is -0.906. The summed E-state index contributed by atoms with van der Waals surface area (Å²) in [5, 5.41) is 5.11. The molecule has 1 aromatic rings. The van der Waals surface area contributed by atoms with Crippen molar-refractivity contribution in [1.82, 2.24) is 5.32 Å². The van der Waals surface area contributed by atoms with Crippen molar-refractivity contribution in [2.45, 2.75) is 11.7 Å². The van der Waals surface area contributed by atoms with Crippen LogP contribution in [0.2, 0.25) is 0 Å². The predicted molar refractivity (Wildman–Crippen MR) is 72.5 cm³/mol. The van der Waals surface area contributed by atoms with Crippen molar-refractivity contribution in [1.29, 1.82) is 0 Å². The summed E-state index contributed by atoms with van der Waals surface area (Å²) in [6.07, 6.45) is 0.0940. The van der Waals surface area contributed by atoms with E-state index < -0.39 is 5.25 Å². The lowest BCUT2D eigenvalue weighted by molar-refractivity contribution is -0.123. The third-order valence-corrected chi connectivity index (χ3v) is 3.65. The molecule has 0 aliphatic carbocycles. The molecule has 0 unspecified atom stereocenters. The van der Waals surface area contributed by atoms with Gasteiger partial charge in [0.2, 0.25) is 11.8 Å². The minimum absolute atomic E-state index is 0.0940. The lowest BCUT2D eigenvalue weighted by atomic mass is 10.2. The summed E-state index contributed by atoms with van der Waals surface area (Å²) in [7, 11) is 1.54. The van der Waals surface area contributed by atoms with Crippen LogP contribution in [0.25, 0.3) is 0 Å². The third-order valence-electron chi connectivity index (χ3n) is 2.48. The molecular weight excluding hydrogens is 269 g/mol. The number of aliphatic imine (C=N–C) groups is 1. The largest absolute Gasteiger partial charge is 0.325 e. The lowest BCUT2D eigenvalue weighted by Gasteiger charge is -2.21. The molecule has 1 aromatic carbocycles. The maximum atomic E-state index is 12.7. The Morgan fingerprint density at radius 3 is 2.79 bits per heavy atom. The van der Waals surface area contributed by atoms with Crippen LogP contribution in [0, 0.1) is 5.82 Å². The monoisotopic (exact) mass is 281 g/mol. The van der Waals surface area contributed by atoms with E-state index in [-0.39, 0.29) is 24.1 Å². The van der Waals surface area contributed by atoms with Crippen LogP contribution in [0.4, 0.5) is 10.1 Å². The van der Waals surface area contributed by atoms with Gasteiger partial charge in [0, 0.05) is 19.2 Å². The number of nitrogens with one attached hydrogen (secondary N) is 2. The van der Waals surface area contributed by atoms with E-state index in [9.17, 15) is 14.0 Å². The van der Waals surface area contributed by atoms with Crippen LogP contribution < -0.4 is 10.6 Å². The molecule has 1 saturated heterocycles. The maximum Gasteiger partial charge on any atom is 0.238 e. The van der Waals surface area contributed by atoms with Gasteiger partial charge in [-0.3, -0.25) is 14.6 Å². The second-order valence-electron chi connectivity index (χ2n) is 3.88. The summed E-state index contributed by atoms with van der Waals surface area (Å²) < 4.78 is 12.7. The number of nitrogens with zero attached hydrogens (tertiary/aromatic N) is 1. The Balaban J connectivity index is 2.03. The van der Waals surface area contributed by atoms with Gasteiger partial charge in [-0.25, -0.2) is 4.39 Å². The topological polar surface area (TPSA) is 70.6 Å². The molecule has 100 valence electrons. The molecule has 1 heterocycles. The average Bonchev–Trinajstić information content (AvgIpc) is 2.40. The molecule has 5 nitrogen and oxygen atoms in total. The second kappa shape index (κ2) is 5.83. The SMILES string of the molecule is CN=C1NC(=O)C[C@H](C(=O)Nc2ccc(F)cc2)S1. The number of carbonyl (C=O) groups is 2. The molecule has 2 rings (SSSR count). The van der Waals surface area contributed by atoms with Crippen LogP contribution in [0.5, 0.6) is 0 Å². The quantitative estimate of drug-likeness (QED) is 0.860. The van der Waals surface area contributed by atoms with Gasteiger partial charge in [0.25, 0.3) is 0 Å². The highest BCUT2D eigenvalue weighted by Gasteiger charge is 2.29. The highest BCUT2D eigenvalue weighted by atomic mass is 32.2. The van der Waals surface area contributed by atoms with Crippen molar-refractivity contribution in [3.63, 3.8) is 0 Å². The normalized spacial score (nSPS) is 21.1. The number of thioether (sulfide) groups is 1. The highest BCUT2D eigenvalue weighted by Crippen LogP contribution is 2.22. The molecule has 7 heteroatoms. The van der Waals surface area contributed by atoms with E-state index >= 15 is 0 Å². The molecule has 0 radical (unpaired) electrons. The fraction of sp³-hybridized carbons (Fsp3) is 0.250. The first-order valence-electron chi connectivity index (χ1n) is 5.58. The van der Waals surface area contributed by atoms with Crippen LogP contribution in [-0.2, 0) is 9.59 Å². The van der Waals surface area contributed by atoms with Gasteiger partial charge in [0.15, 0.2) is 5.17 Å². The van der Waals surface area contributed by atoms with Crippen molar-refractivity contribution < 1.29 is 14.0 Å². The van der Waals surface area contributed by atoms with Gasteiger partial charge < -0.3 is 10.6 Å². The first kappa shape index (κ1) is 13.5. The zero-order valence-corrected chi connectivity index (χ0v) is 11.0. The molecule has 2 N–H and O–H groups in total. The average molecular weight is 281 g/mol. The van der Waals surface area contributed by atoms with Crippen molar-refractivity contribution >= 4 is 34.4 Å². The van der Waals surface area contributed by atoms with Crippen LogP contribution >= 0.6 is 11.8 Å². The molecule has 19 heavy (non-hydrogen) atoms. The number of amidine groups is 1. The minimum atomic E-state index is -0.530. The number of amides is 2. The van der Waals surface area contributed by atoms with E-state index in [1.165, 1.54) is 36.0 Å². The molecule has 1 fully saturated rings. The maximum absolute atomic E-state index is 12.7. The van der Waals surface area contributed by atoms with E-state index in [2.05, 4.69) is 15.6 Å². The molecule has 1 aliphatic heterocycles. The molecule has 1 aliphatic rings. The smallest absolute Gasteiger partial charge is 0.238 e. The molecule has 1 atom stereocenters. The number of hydrogen-bond donors (Lipinski definition) is 2. The Bertz CT molecular complexity index is 530. The van der Waals surface area contributed by atoms with Gasteiger partial charge >= 0.3 is 0 Å². The number of halogens is 1. The number of rotatable bonds is 2. The van der Waals surface area contributed by atoms with Gasteiger partial charge in [-0.15, -0.1) is 0 Å². The van der Waals surface area contributed by atoms with Crippen LogP contribution in [0.1, 0.15) is 6.42 Å². The van der Waals surface area contributed by atoms with Crippen LogP contribution in [0.3, 0.4) is 0 Å². The number of hydrogen-bond acceptors (Lipinski definition) is 4. The van der Waals surface area contributed by atoms with Gasteiger partial charge in [-0.05, 0) is 24.3 Å². The van der Waals surface area contributed by atoms with E-state index in [1.54, 1.807) is 7.05 Å². The van der Waals surface area contributed by atoms with E-state index in [0.29, 0.717) is 10.9 Å². The Morgan fingerprint density at radius 2 is 2.16 bits per heavy atom. The molecule has 0 aromatic heterocycles. The van der Waals surface area contributed by atoms with E-state index in [1.807, 2.05) is 0 Å². The van der Waals surface area contributed by atoms with E-state index in [0.717, 1.165) is 0 Å². The van der Waals surface area contributed by atoms with Crippen LogP contribution in [0.15, 0.2) is 29.3 Å². The predicted octanol–water partition coefficient (Wildman–Crippen LogP) is 1.37. The fourth-order valence-corrected chi connectivity index (χ4v) is 2.50. The third kappa shape index (κ3) is 3.54. The summed E-state index contributed by atoms with van der Waals surface area (Å²) >= 11 is 1.20. The van der Waals surface area contributed by atoms with Gasteiger partial charge in [-0.2, -0.15) is 0 Å². The molecule has 0 bridgehead atoms. The number of benzene rings is 1. The van der Waals surface area contributed by atoms with Gasteiger partial charge in [0.05, 0.1) is 0 Å². The van der Waals surface area contributed by atoms with Gasteiger partial charge in [0.1, 0.15) is 11.1 Å². The minimum Gasteiger partial charge on any atom is -0.325 e. The molecular formula is C12H12FN3O2S. The summed E-state index contributed by atoms with van der Waals surface area (Å²) in [6.45, 7) is 0. The lowest BCUT2D eigenvalue weighted by Crippen LogP contribution is -2.41. The Kier molecular flexibility index (Phi) is 4.16. The standard InChI is InChI=1S/C12H12FN3O2S/c1-14-12-16-10(17)6-9(19-12)11(18)15-8-4-2-7(13)3-5-8/h2-5,9H,6H2,1H3,(H,15,18)(H,14,16,17)/t9-/m1/s1. The summed E-state index contributed by atoms with van der Waals surface area (Å²) in [4.78, 5) is 27.3. The zero-order valence-electron chi connectivity index (χ0n) is 10.1. The number of carbonyl (C=O) groups excluding carboxylic acids is 2. The first-order chi connectivity index (χ1) is 9.08. The van der Waals surface area contributed by atoms with Crippen molar-refractivity contribution in [3.8, 4) is 0 Å². The van der Waals surface area contributed by atoms with Gasteiger partial charge in [-0.1, -0.05) is 11.8 Å². The number of anilines is 1. The molecule has 0 spiro atoms. The summed E-state index contributed by atoms with van der Waals surface area (Å²) in [5.41, 5.74) is 0.493. The second-order valence-corrected chi connectivity index (χ2v) is 5.08. The molecule has 0 saturated carbocycles. The van der Waals surface area contributed by atoms with Crippen molar-refractivity contribution in [2.24, 2.45) is 4.99 Å². The summed E-state index contributed by atoms with van der Waals surface area (Å²) in [6, 6.07) is 5.45. The van der Waals surface area contributed by atoms with Crippen molar-refractivity contribution in [3.05, 3.63) is 30.1 Å². The Hall–Kier alpha value is -1.89. The fourth-order valence-electron chi connectivity index (χ4n) is 1.56. The van der Waals surface area contributed by atoms with E-state index in [4.69, 9.17) is 0 Å². The highest BCUT2D eigenvalue weighted by molar-refractivity contribution is 8.15. The first-order valence-corrected chi connectivity index (χ1v) is 6.46. The van der Waals surface area contributed by atoms with Crippen molar-refractivity contribution in [2.75, 3.05) is 12.4 Å². The Morgan fingerprint density at radius 1 is 1.47 bits per heavy atom. The van der Waals surface area contributed by atoms with Crippen LogP contribution in [-0.4, -0.2) is 29.3 Å². The zero-order chi connectivity index (χ0) is 13.8. The molecule has 2 amide bonds.